The van der Waals surface area contributed by atoms with E-state index in [4.69, 9.17) is 15.2 Å². The summed E-state index contributed by atoms with van der Waals surface area (Å²) in [6.07, 6.45) is 3.07. The number of carbonyl (C=O) groups excluding carboxylic acids is 1. The first-order valence-electron chi connectivity index (χ1n) is 9.82. The monoisotopic (exact) mass is 408 g/mol. The van der Waals surface area contributed by atoms with Crippen molar-refractivity contribution in [3.63, 3.8) is 0 Å². The summed E-state index contributed by atoms with van der Waals surface area (Å²) in [5.41, 5.74) is 9.11. The average Bonchev–Trinajstić information content (AvgIpc) is 3.17. The molecule has 0 saturated carbocycles. The summed E-state index contributed by atoms with van der Waals surface area (Å²) in [6, 6.07) is 11.8. The van der Waals surface area contributed by atoms with Gasteiger partial charge in [-0.25, -0.2) is 14.5 Å². The van der Waals surface area contributed by atoms with Crippen LogP contribution >= 0.6 is 0 Å². The van der Waals surface area contributed by atoms with Crippen molar-refractivity contribution in [2.75, 3.05) is 48.9 Å². The molecule has 3 aromatic rings. The average molecular weight is 408 g/mol. The number of hydrogen-bond donors (Lipinski definition) is 2. The van der Waals surface area contributed by atoms with Crippen molar-refractivity contribution >= 4 is 29.0 Å². The molecule has 9 nitrogen and oxygen atoms in total. The summed E-state index contributed by atoms with van der Waals surface area (Å²) < 4.78 is 11.9. The highest BCUT2D eigenvalue weighted by Gasteiger charge is 2.17. The topological polar surface area (TPSA) is 108 Å². The number of benzene rings is 1. The van der Waals surface area contributed by atoms with Crippen LogP contribution in [0.3, 0.4) is 0 Å². The number of aromatic nitrogens is 3. The smallest absolute Gasteiger partial charge is 0.343 e. The van der Waals surface area contributed by atoms with Gasteiger partial charge in [-0.3, -0.25) is 0 Å². The number of anilines is 4. The fourth-order valence-corrected chi connectivity index (χ4v) is 3.27. The maximum atomic E-state index is 12.0. The molecule has 30 heavy (non-hydrogen) atoms. The minimum absolute atomic E-state index is 0.223. The lowest BCUT2D eigenvalue weighted by Crippen LogP contribution is -2.36. The zero-order valence-electron chi connectivity index (χ0n) is 16.7. The van der Waals surface area contributed by atoms with Crippen LogP contribution in [0.2, 0.25) is 0 Å². The van der Waals surface area contributed by atoms with E-state index in [1.807, 2.05) is 18.2 Å². The van der Waals surface area contributed by atoms with Gasteiger partial charge in [-0.05, 0) is 37.3 Å². The summed E-state index contributed by atoms with van der Waals surface area (Å²) in [5.74, 6) is 0.369. The van der Waals surface area contributed by atoms with Crippen LogP contribution in [0.5, 0.6) is 0 Å². The molecular formula is C21H24N6O3. The van der Waals surface area contributed by atoms with E-state index in [0.717, 1.165) is 32.0 Å². The molecule has 2 aromatic heterocycles. The van der Waals surface area contributed by atoms with E-state index in [-0.39, 0.29) is 18.0 Å². The number of ether oxygens (including phenoxy) is 2. The fraction of sp³-hybridized carbons (Fsp3) is 0.286. The van der Waals surface area contributed by atoms with Crippen LogP contribution in [0.15, 0.2) is 48.8 Å². The number of nitrogens with two attached hydrogens (primary N) is 1. The van der Waals surface area contributed by atoms with Crippen molar-refractivity contribution in [2.24, 2.45) is 0 Å². The van der Waals surface area contributed by atoms with Crippen molar-refractivity contribution in [3.8, 4) is 5.69 Å². The van der Waals surface area contributed by atoms with Gasteiger partial charge in [0.1, 0.15) is 17.2 Å². The van der Waals surface area contributed by atoms with Crippen molar-refractivity contribution in [1.82, 2.24) is 14.8 Å². The summed E-state index contributed by atoms with van der Waals surface area (Å²) in [4.78, 5) is 18.6. The number of pyridine rings is 1. The minimum atomic E-state index is -0.492. The van der Waals surface area contributed by atoms with Gasteiger partial charge in [-0.15, -0.1) is 0 Å². The maximum absolute atomic E-state index is 12.0. The Morgan fingerprint density at radius 3 is 2.70 bits per heavy atom. The van der Waals surface area contributed by atoms with Crippen LogP contribution < -0.4 is 16.0 Å². The van der Waals surface area contributed by atoms with E-state index in [2.05, 4.69) is 32.4 Å². The van der Waals surface area contributed by atoms with Gasteiger partial charge in [0.2, 0.25) is 0 Å². The standard InChI is InChI=1S/C21H24N6O3/c1-2-30-21(28)18-14-24-27(20(18)22)17-7-8-23-19(13-17)25-15-3-5-16(6-4-15)26-9-11-29-12-10-26/h3-8,13-14H,2,9-12,22H2,1H3,(H,23,25). The van der Waals surface area contributed by atoms with Gasteiger partial charge in [0.25, 0.3) is 0 Å². The van der Waals surface area contributed by atoms with Crippen LogP contribution in [0.25, 0.3) is 5.69 Å². The largest absolute Gasteiger partial charge is 0.462 e. The number of nitrogens with zero attached hydrogens (tertiary/aromatic N) is 4. The van der Waals surface area contributed by atoms with E-state index in [1.54, 1.807) is 19.2 Å². The van der Waals surface area contributed by atoms with Crippen LogP contribution in [0.4, 0.5) is 23.0 Å². The quantitative estimate of drug-likeness (QED) is 0.600. The Bertz CT molecular complexity index is 1010. The Morgan fingerprint density at radius 2 is 1.97 bits per heavy atom. The van der Waals surface area contributed by atoms with Crippen LogP contribution in [0.1, 0.15) is 17.3 Å². The molecule has 3 N–H and O–H groups in total. The van der Waals surface area contributed by atoms with Crippen molar-refractivity contribution in [2.45, 2.75) is 6.92 Å². The molecule has 1 saturated heterocycles. The van der Waals surface area contributed by atoms with Gasteiger partial charge < -0.3 is 25.4 Å². The molecule has 0 amide bonds. The number of rotatable bonds is 6. The molecule has 0 atom stereocenters. The van der Waals surface area contributed by atoms with Gasteiger partial charge in [0.05, 0.1) is 31.7 Å². The van der Waals surface area contributed by atoms with Crippen LogP contribution in [-0.4, -0.2) is 53.6 Å². The van der Waals surface area contributed by atoms with Gasteiger partial charge in [-0.2, -0.15) is 5.10 Å². The lowest BCUT2D eigenvalue weighted by molar-refractivity contribution is 0.0527. The summed E-state index contributed by atoms with van der Waals surface area (Å²) in [5, 5.41) is 7.51. The summed E-state index contributed by atoms with van der Waals surface area (Å²) >= 11 is 0. The normalized spacial score (nSPS) is 13.8. The molecule has 0 bridgehead atoms. The first kappa shape index (κ1) is 19.7. The second-order valence-electron chi connectivity index (χ2n) is 6.75. The van der Waals surface area contributed by atoms with Gasteiger partial charge in [0, 0.05) is 36.7 Å². The van der Waals surface area contributed by atoms with Gasteiger partial charge in [-0.1, -0.05) is 0 Å². The Labute approximate surface area is 174 Å². The van der Waals surface area contributed by atoms with Crippen LogP contribution in [-0.2, 0) is 9.47 Å². The molecule has 4 rings (SSSR count). The molecule has 0 spiro atoms. The highest BCUT2D eigenvalue weighted by Crippen LogP contribution is 2.23. The molecule has 1 aromatic carbocycles. The first-order chi connectivity index (χ1) is 14.7. The molecular weight excluding hydrogens is 384 g/mol. The Kier molecular flexibility index (Phi) is 5.80. The zero-order chi connectivity index (χ0) is 20.9. The third-order valence-corrected chi connectivity index (χ3v) is 4.81. The molecule has 0 unspecified atom stereocenters. The molecule has 1 aliphatic rings. The number of nitrogens with one attached hydrogen (secondary N) is 1. The third-order valence-electron chi connectivity index (χ3n) is 4.81. The number of morpholine rings is 1. The molecule has 1 fully saturated rings. The molecule has 0 aliphatic carbocycles. The van der Waals surface area contributed by atoms with E-state index in [9.17, 15) is 4.79 Å². The molecule has 156 valence electrons. The van der Waals surface area contributed by atoms with Gasteiger partial charge >= 0.3 is 5.97 Å². The third kappa shape index (κ3) is 4.20. The second kappa shape index (κ2) is 8.83. The highest BCUT2D eigenvalue weighted by atomic mass is 16.5. The Morgan fingerprint density at radius 1 is 1.20 bits per heavy atom. The fourth-order valence-electron chi connectivity index (χ4n) is 3.27. The Balaban J connectivity index is 1.49. The highest BCUT2D eigenvalue weighted by molar-refractivity contribution is 5.94. The predicted molar refractivity (Wildman–Crippen MR) is 114 cm³/mol. The summed E-state index contributed by atoms with van der Waals surface area (Å²) in [7, 11) is 0. The van der Waals surface area contributed by atoms with Gasteiger partial charge in [0.15, 0.2) is 0 Å². The predicted octanol–water partition coefficient (Wildman–Crippen LogP) is 2.61. The lowest BCUT2D eigenvalue weighted by Gasteiger charge is -2.28. The second-order valence-corrected chi connectivity index (χ2v) is 6.75. The van der Waals surface area contributed by atoms with E-state index < -0.39 is 5.97 Å². The number of hydrogen-bond acceptors (Lipinski definition) is 8. The zero-order valence-corrected chi connectivity index (χ0v) is 16.7. The molecule has 9 heteroatoms. The van der Waals surface area contributed by atoms with E-state index >= 15 is 0 Å². The Hall–Kier alpha value is -3.59. The SMILES string of the molecule is CCOC(=O)c1cnn(-c2ccnc(Nc3ccc(N4CCOCC4)cc3)c2)c1N. The number of carbonyl (C=O) groups is 1. The molecule has 0 radical (unpaired) electrons. The molecule has 1 aliphatic heterocycles. The lowest BCUT2D eigenvalue weighted by atomic mass is 10.2. The minimum Gasteiger partial charge on any atom is -0.462 e. The van der Waals surface area contributed by atoms with Crippen molar-refractivity contribution in [3.05, 3.63) is 54.4 Å². The van der Waals surface area contributed by atoms with Crippen molar-refractivity contribution < 1.29 is 14.3 Å². The summed E-state index contributed by atoms with van der Waals surface area (Å²) in [6.45, 7) is 5.32. The van der Waals surface area contributed by atoms with E-state index in [0.29, 0.717) is 11.5 Å². The molecule has 3 heterocycles. The van der Waals surface area contributed by atoms with E-state index in [1.165, 1.54) is 16.6 Å². The maximum Gasteiger partial charge on any atom is 0.343 e. The first-order valence-corrected chi connectivity index (χ1v) is 9.82. The van der Waals surface area contributed by atoms with Crippen molar-refractivity contribution in [1.29, 1.82) is 0 Å². The number of nitrogen functional groups attached to an aromatic ring is 1. The number of esters is 1. The van der Waals surface area contributed by atoms with Crippen LogP contribution in [0, 0.1) is 0 Å².